The zero-order chi connectivity index (χ0) is 17.8. The van der Waals surface area contributed by atoms with E-state index in [2.05, 4.69) is 82.8 Å². The number of benzene rings is 2. The Morgan fingerprint density at radius 2 is 1.58 bits per heavy atom. The monoisotopic (exact) mass is 349 g/mol. The molecule has 0 saturated carbocycles. The van der Waals surface area contributed by atoms with Gasteiger partial charge in [-0.1, -0.05) is 48.5 Å². The quantitative estimate of drug-likeness (QED) is 0.891. The van der Waals surface area contributed by atoms with Crippen LogP contribution >= 0.6 is 0 Å². The molecule has 2 aromatic carbocycles. The van der Waals surface area contributed by atoms with Crippen molar-refractivity contribution in [3.63, 3.8) is 0 Å². The van der Waals surface area contributed by atoms with Crippen molar-refractivity contribution in [2.75, 3.05) is 44.7 Å². The van der Waals surface area contributed by atoms with Crippen LogP contribution in [0.25, 0.3) is 0 Å². The van der Waals surface area contributed by atoms with Crippen molar-refractivity contribution in [2.45, 2.75) is 30.7 Å². The van der Waals surface area contributed by atoms with Gasteiger partial charge in [0.05, 0.1) is 0 Å². The Labute approximate surface area is 158 Å². The molecule has 138 valence electrons. The summed E-state index contributed by atoms with van der Waals surface area (Å²) < 4.78 is 0. The van der Waals surface area contributed by atoms with Crippen LogP contribution in [0, 0.1) is 0 Å². The highest BCUT2D eigenvalue weighted by molar-refractivity contribution is 5.47. The zero-order valence-corrected chi connectivity index (χ0v) is 15.9. The fraction of sp³-hybridized carbons (Fsp3) is 0.478. The van der Waals surface area contributed by atoms with Gasteiger partial charge >= 0.3 is 0 Å². The number of nitrogens with zero attached hydrogens (tertiary/aromatic N) is 2. The number of para-hydroxylation sites is 1. The molecule has 3 nitrogen and oxygen atoms in total. The first-order valence-corrected chi connectivity index (χ1v) is 10.0. The fourth-order valence-corrected chi connectivity index (χ4v) is 4.55. The average molecular weight is 350 g/mol. The highest BCUT2D eigenvalue weighted by Crippen LogP contribution is 2.35. The molecule has 2 saturated heterocycles. The maximum absolute atomic E-state index is 3.95. The maximum atomic E-state index is 3.95. The molecular formula is C23H31N3. The summed E-state index contributed by atoms with van der Waals surface area (Å²) in [6, 6.07) is 22.6. The summed E-state index contributed by atoms with van der Waals surface area (Å²) in [6.07, 6.45) is 3.73. The molecule has 26 heavy (non-hydrogen) atoms. The molecule has 0 aromatic heterocycles. The van der Waals surface area contributed by atoms with E-state index < -0.39 is 0 Å². The standard InChI is InChI=1S/C23H31N3/c1-25-16-13-23(14-17-25,20-8-4-2-5-9-20)19-24-21-12-15-26(18-21)22-10-6-3-7-11-22/h2-11,21,24H,12-19H2,1H3/t21-/m0/s1. The third-order valence-corrected chi connectivity index (χ3v) is 6.37. The second-order valence-corrected chi connectivity index (χ2v) is 8.10. The first-order valence-electron chi connectivity index (χ1n) is 10.0. The van der Waals surface area contributed by atoms with Crippen LogP contribution in [0.1, 0.15) is 24.8 Å². The molecular weight excluding hydrogens is 318 g/mol. The van der Waals surface area contributed by atoms with E-state index in [1.54, 1.807) is 0 Å². The number of nitrogens with one attached hydrogen (secondary N) is 1. The molecule has 1 N–H and O–H groups in total. The maximum Gasteiger partial charge on any atom is 0.0366 e. The van der Waals surface area contributed by atoms with Crippen LogP contribution in [0.15, 0.2) is 60.7 Å². The van der Waals surface area contributed by atoms with Crippen molar-refractivity contribution in [3.05, 3.63) is 66.2 Å². The molecule has 0 aliphatic carbocycles. The molecule has 2 aliphatic heterocycles. The number of likely N-dealkylation sites (tertiary alicyclic amines) is 1. The van der Waals surface area contributed by atoms with Gasteiger partial charge in [0.15, 0.2) is 0 Å². The SMILES string of the molecule is CN1CCC(CN[C@H]2CCN(c3ccccc3)C2)(c2ccccc2)CC1. The van der Waals surface area contributed by atoms with Crippen molar-refractivity contribution in [2.24, 2.45) is 0 Å². The van der Waals surface area contributed by atoms with Crippen molar-refractivity contribution in [3.8, 4) is 0 Å². The lowest BCUT2D eigenvalue weighted by atomic mass is 9.72. The lowest BCUT2D eigenvalue weighted by molar-refractivity contribution is 0.180. The summed E-state index contributed by atoms with van der Waals surface area (Å²) in [5, 5.41) is 3.95. The molecule has 0 bridgehead atoms. The summed E-state index contributed by atoms with van der Waals surface area (Å²) >= 11 is 0. The molecule has 0 spiro atoms. The van der Waals surface area contributed by atoms with E-state index in [1.807, 2.05) is 0 Å². The molecule has 2 heterocycles. The molecule has 4 rings (SSSR count). The van der Waals surface area contributed by atoms with Gasteiger partial charge in [-0.15, -0.1) is 0 Å². The van der Waals surface area contributed by atoms with E-state index in [9.17, 15) is 0 Å². The topological polar surface area (TPSA) is 18.5 Å². The van der Waals surface area contributed by atoms with Crippen LogP contribution in [0.4, 0.5) is 5.69 Å². The molecule has 2 fully saturated rings. The van der Waals surface area contributed by atoms with Crippen molar-refractivity contribution >= 4 is 5.69 Å². The second-order valence-electron chi connectivity index (χ2n) is 8.10. The van der Waals surface area contributed by atoms with E-state index in [4.69, 9.17) is 0 Å². The molecule has 1 atom stereocenters. The van der Waals surface area contributed by atoms with Crippen molar-refractivity contribution in [1.29, 1.82) is 0 Å². The summed E-state index contributed by atoms with van der Waals surface area (Å²) in [4.78, 5) is 4.98. The Morgan fingerprint density at radius 3 is 2.27 bits per heavy atom. The van der Waals surface area contributed by atoms with Crippen molar-refractivity contribution in [1.82, 2.24) is 10.2 Å². The van der Waals surface area contributed by atoms with Gasteiger partial charge in [-0.3, -0.25) is 0 Å². The fourth-order valence-electron chi connectivity index (χ4n) is 4.55. The van der Waals surface area contributed by atoms with E-state index in [0.29, 0.717) is 6.04 Å². The lowest BCUT2D eigenvalue weighted by Gasteiger charge is -2.42. The van der Waals surface area contributed by atoms with E-state index in [0.717, 1.165) is 19.6 Å². The molecule has 2 aliphatic rings. The van der Waals surface area contributed by atoms with Crippen LogP contribution in [-0.2, 0) is 5.41 Å². The summed E-state index contributed by atoms with van der Waals surface area (Å²) in [5.74, 6) is 0. The summed E-state index contributed by atoms with van der Waals surface area (Å²) in [7, 11) is 2.25. The number of piperidine rings is 1. The Morgan fingerprint density at radius 1 is 0.923 bits per heavy atom. The first-order chi connectivity index (χ1) is 12.8. The number of rotatable bonds is 5. The molecule has 0 unspecified atom stereocenters. The first kappa shape index (κ1) is 17.6. The highest BCUT2D eigenvalue weighted by Gasteiger charge is 2.36. The highest BCUT2D eigenvalue weighted by atomic mass is 15.2. The van der Waals surface area contributed by atoms with Crippen LogP contribution in [-0.4, -0.2) is 50.7 Å². The third kappa shape index (κ3) is 3.79. The van der Waals surface area contributed by atoms with E-state index in [-0.39, 0.29) is 5.41 Å². The van der Waals surface area contributed by atoms with E-state index in [1.165, 1.54) is 43.6 Å². The third-order valence-electron chi connectivity index (χ3n) is 6.37. The minimum absolute atomic E-state index is 0.286. The zero-order valence-electron chi connectivity index (χ0n) is 15.9. The Hall–Kier alpha value is -1.84. The van der Waals surface area contributed by atoms with Gasteiger partial charge in [-0.2, -0.15) is 0 Å². The number of anilines is 1. The molecule has 2 aromatic rings. The molecule has 0 amide bonds. The van der Waals surface area contributed by atoms with E-state index >= 15 is 0 Å². The summed E-state index contributed by atoms with van der Waals surface area (Å²) in [6.45, 7) is 5.75. The van der Waals surface area contributed by atoms with Gasteiger partial charge in [0.25, 0.3) is 0 Å². The molecule has 0 radical (unpaired) electrons. The smallest absolute Gasteiger partial charge is 0.0366 e. The molecule has 3 heteroatoms. The largest absolute Gasteiger partial charge is 0.370 e. The van der Waals surface area contributed by atoms with Crippen LogP contribution in [0.3, 0.4) is 0 Å². The average Bonchev–Trinajstić information content (AvgIpc) is 3.18. The minimum Gasteiger partial charge on any atom is -0.370 e. The van der Waals surface area contributed by atoms with Crippen molar-refractivity contribution < 1.29 is 0 Å². The summed E-state index contributed by atoms with van der Waals surface area (Å²) in [5.41, 5.74) is 3.15. The van der Waals surface area contributed by atoms with Gasteiger partial charge in [0.2, 0.25) is 0 Å². The number of hydrogen-bond acceptors (Lipinski definition) is 3. The minimum atomic E-state index is 0.286. The predicted octanol–water partition coefficient (Wildman–Crippen LogP) is 3.52. The lowest BCUT2D eigenvalue weighted by Crippen LogP contribution is -2.49. The van der Waals surface area contributed by atoms with Gasteiger partial charge in [-0.25, -0.2) is 0 Å². The van der Waals surface area contributed by atoms with Gasteiger partial charge in [0, 0.05) is 36.8 Å². The van der Waals surface area contributed by atoms with Gasteiger partial charge < -0.3 is 15.1 Å². The van der Waals surface area contributed by atoms with Crippen LogP contribution < -0.4 is 10.2 Å². The van der Waals surface area contributed by atoms with Crippen LogP contribution in [0.5, 0.6) is 0 Å². The Balaban J connectivity index is 1.41. The van der Waals surface area contributed by atoms with Crippen LogP contribution in [0.2, 0.25) is 0 Å². The Bertz CT molecular complexity index is 677. The Kier molecular flexibility index (Phi) is 5.28. The number of hydrogen-bond donors (Lipinski definition) is 1. The predicted molar refractivity (Wildman–Crippen MR) is 110 cm³/mol. The van der Waals surface area contributed by atoms with Gasteiger partial charge in [0.1, 0.15) is 0 Å². The normalized spacial score (nSPS) is 23.3. The van der Waals surface area contributed by atoms with Gasteiger partial charge in [-0.05, 0) is 57.1 Å². The second kappa shape index (κ2) is 7.81.